The molecular weight excluding hydrogens is 497 g/mol. The minimum Gasteiger partial charge on any atom is -0.478 e. The van der Waals surface area contributed by atoms with Gasteiger partial charge in [-0.25, -0.2) is 4.79 Å². The average Bonchev–Trinajstić information content (AvgIpc) is 3.06. The number of anilines is 1. The summed E-state index contributed by atoms with van der Waals surface area (Å²) >= 11 is 17.6. The summed E-state index contributed by atoms with van der Waals surface area (Å²) in [4.78, 5) is 38.9. The van der Waals surface area contributed by atoms with E-state index < -0.39 is 17.8 Å². The number of nitrogens with one attached hydrogen (secondary N) is 1. The summed E-state index contributed by atoms with van der Waals surface area (Å²) in [6.45, 7) is 3.59. The van der Waals surface area contributed by atoms with Crippen molar-refractivity contribution in [2.24, 2.45) is 0 Å². The van der Waals surface area contributed by atoms with Crippen molar-refractivity contribution in [3.63, 3.8) is 0 Å². The first-order valence-corrected chi connectivity index (χ1v) is 11.1. The van der Waals surface area contributed by atoms with Crippen molar-refractivity contribution in [3.05, 3.63) is 86.7 Å². The highest BCUT2D eigenvalue weighted by molar-refractivity contribution is 7.80. The van der Waals surface area contributed by atoms with Crippen molar-refractivity contribution in [3.8, 4) is 5.69 Å². The van der Waals surface area contributed by atoms with Crippen LogP contribution >= 0.6 is 35.4 Å². The average molecular weight is 514 g/mol. The maximum atomic E-state index is 13.4. The number of carbonyl (C=O) groups excluding carboxylic acids is 2. The van der Waals surface area contributed by atoms with E-state index in [0.29, 0.717) is 16.9 Å². The summed E-state index contributed by atoms with van der Waals surface area (Å²) in [7, 11) is 0. The number of thiocarbonyl (C=S) groups is 1. The van der Waals surface area contributed by atoms with Gasteiger partial charge >= 0.3 is 5.97 Å². The number of carbonyl (C=O) groups is 3. The molecule has 2 amide bonds. The van der Waals surface area contributed by atoms with Gasteiger partial charge < -0.3 is 9.67 Å². The molecule has 3 aromatic rings. The number of aromatic carboxylic acids is 1. The van der Waals surface area contributed by atoms with E-state index in [-0.39, 0.29) is 32.0 Å². The first-order chi connectivity index (χ1) is 16.1. The third-order valence-corrected chi connectivity index (χ3v) is 6.51. The summed E-state index contributed by atoms with van der Waals surface area (Å²) in [5.41, 5.74) is 2.64. The second kappa shape index (κ2) is 9.06. The van der Waals surface area contributed by atoms with Crippen LogP contribution in [0.5, 0.6) is 0 Å². The monoisotopic (exact) mass is 513 g/mol. The molecule has 0 atom stereocenters. The van der Waals surface area contributed by atoms with Crippen LogP contribution < -0.4 is 10.2 Å². The highest BCUT2D eigenvalue weighted by Gasteiger charge is 2.36. The molecule has 172 valence electrons. The number of aryl methyl sites for hydroxylation is 1. The van der Waals surface area contributed by atoms with Crippen LogP contribution in [-0.2, 0) is 9.59 Å². The molecule has 0 unspecified atom stereocenters. The maximum absolute atomic E-state index is 13.4. The number of carboxylic acids is 1. The zero-order valence-electron chi connectivity index (χ0n) is 17.9. The number of rotatable bonds is 4. The molecule has 0 bridgehead atoms. The van der Waals surface area contributed by atoms with Gasteiger partial charge in [-0.05, 0) is 68.0 Å². The molecule has 1 aromatic heterocycles. The lowest BCUT2D eigenvalue weighted by Crippen LogP contribution is -2.54. The van der Waals surface area contributed by atoms with Crippen molar-refractivity contribution in [1.29, 1.82) is 0 Å². The number of nitrogens with zero attached hydrogens (tertiary/aromatic N) is 2. The van der Waals surface area contributed by atoms with Gasteiger partial charge in [0.05, 0.1) is 27.0 Å². The minimum absolute atomic E-state index is 0.114. The van der Waals surface area contributed by atoms with Crippen LogP contribution in [0.1, 0.15) is 27.3 Å². The highest BCUT2D eigenvalue weighted by Crippen LogP contribution is 2.34. The lowest BCUT2D eigenvalue weighted by Gasteiger charge is -2.29. The topological polar surface area (TPSA) is 91.6 Å². The van der Waals surface area contributed by atoms with Crippen LogP contribution in [0.2, 0.25) is 10.0 Å². The van der Waals surface area contributed by atoms with Crippen molar-refractivity contribution in [2.45, 2.75) is 13.8 Å². The zero-order valence-corrected chi connectivity index (χ0v) is 20.3. The van der Waals surface area contributed by atoms with E-state index in [1.54, 1.807) is 54.0 Å². The van der Waals surface area contributed by atoms with Crippen LogP contribution in [0.15, 0.2) is 54.1 Å². The molecule has 1 fully saturated rings. The van der Waals surface area contributed by atoms with E-state index in [9.17, 15) is 19.5 Å². The summed E-state index contributed by atoms with van der Waals surface area (Å²) in [6, 6.07) is 13.1. The Hall–Kier alpha value is -3.46. The number of para-hydroxylation sites is 1. The van der Waals surface area contributed by atoms with Crippen molar-refractivity contribution >= 4 is 70.1 Å². The molecule has 0 spiro atoms. The standard InChI is InChI=1S/C24H17Cl2N3O4S/c1-12-10-14(13(2)28(12)18-8-4-3-6-15(18)23(32)33)11-16-21(30)27-24(34)29(22(16)31)19-9-5-7-17(25)20(19)26/h3-11H,1-2H3,(H,32,33)(H,27,30,34)/b16-11+. The highest BCUT2D eigenvalue weighted by atomic mass is 35.5. The van der Waals surface area contributed by atoms with Crippen LogP contribution in [0.3, 0.4) is 0 Å². The second-order valence-electron chi connectivity index (χ2n) is 7.51. The SMILES string of the molecule is Cc1cc(/C=C2\C(=O)NC(=S)N(c3cccc(Cl)c3Cl)C2=O)c(C)n1-c1ccccc1C(=O)O. The van der Waals surface area contributed by atoms with Crippen LogP contribution in [0.4, 0.5) is 5.69 Å². The van der Waals surface area contributed by atoms with Gasteiger partial charge in [0.15, 0.2) is 5.11 Å². The number of amides is 2. The molecule has 1 saturated heterocycles. The summed E-state index contributed by atoms with van der Waals surface area (Å²) in [5, 5.41) is 12.3. The third kappa shape index (κ3) is 4.00. The Bertz CT molecular complexity index is 1430. The number of hydrogen-bond donors (Lipinski definition) is 2. The van der Waals surface area contributed by atoms with Gasteiger partial charge in [-0.15, -0.1) is 0 Å². The predicted molar refractivity (Wildman–Crippen MR) is 135 cm³/mol. The Morgan fingerprint density at radius 1 is 1.06 bits per heavy atom. The summed E-state index contributed by atoms with van der Waals surface area (Å²) in [5.74, 6) is -2.37. The maximum Gasteiger partial charge on any atom is 0.337 e. The van der Waals surface area contributed by atoms with Crippen molar-refractivity contribution < 1.29 is 19.5 Å². The normalized spacial score (nSPS) is 15.1. The first kappa shape index (κ1) is 23.7. The molecule has 2 heterocycles. The third-order valence-electron chi connectivity index (χ3n) is 5.42. The van der Waals surface area contributed by atoms with Crippen molar-refractivity contribution in [2.75, 3.05) is 4.90 Å². The largest absolute Gasteiger partial charge is 0.478 e. The molecule has 4 rings (SSSR count). The van der Waals surface area contributed by atoms with Gasteiger partial charge in [0.2, 0.25) is 0 Å². The van der Waals surface area contributed by atoms with E-state index in [1.807, 2.05) is 6.92 Å². The lowest BCUT2D eigenvalue weighted by molar-refractivity contribution is -0.122. The summed E-state index contributed by atoms with van der Waals surface area (Å²) < 4.78 is 1.76. The lowest BCUT2D eigenvalue weighted by atomic mass is 10.1. The number of aromatic nitrogens is 1. The fourth-order valence-corrected chi connectivity index (χ4v) is 4.50. The molecule has 0 aliphatic carbocycles. The Morgan fingerprint density at radius 3 is 2.44 bits per heavy atom. The Kier molecular flexibility index (Phi) is 6.31. The molecule has 0 saturated carbocycles. The molecule has 1 aliphatic heterocycles. The first-order valence-electron chi connectivity index (χ1n) is 9.99. The molecule has 2 N–H and O–H groups in total. The summed E-state index contributed by atoms with van der Waals surface area (Å²) in [6.07, 6.45) is 1.45. The number of carboxylic acid groups (broad SMARTS) is 1. The van der Waals surface area contributed by atoms with E-state index in [1.165, 1.54) is 12.1 Å². The van der Waals surface area contributed by atoms with E-state index in [0.717, 1.165) is 10.6 Å². The van der Waals surface area contributed by atoms with Gasteiger partial charge in [0, 0.05) is 11.4 Å². The van der Waals surface area contributed by atoms with E-state index >= 15 is 0 Å². The van der Waals surface area contributed by atoms with Gasteiger partial charge in [-0.3, -0.25) is 19.8 Å². The molecule has 34 heavy (non-hydrogen) atoms. The van der Waals surface area contributed by atoms with Crippen LogP contribution in [-0.4, -0.2) is 32.6 Å². The zero-order chi connectivity index (χ0) is 24.7. The Morgan fingerprint density at radius 2 is 1.74 bits per heavy atom. The van der Waals surface area contributed by atoms with Crippen LogP contribution in [0, 0.1) is 13.8 Å². The Balaban J connectivity index is 1.82. The van der Waals surface area contributed by atoms with Crippen LogP contribution in [0.25, 0.3) is 11.8 Å². The smallest absolute Gasteiger partial charge is 0.337 e. The van der Waals surface area contributed by atoms with Crippen molar-refractivity contribution in [1.82, 2.24) is 9.88 Å². The van der Waals surface area contributed by atoms with Gasteiger partial charge in [0.25, 0.3) is 11.8 Å². The number of benzene rings is 2. The number of halogens is 2. The van der Waals surface area contributed by atoms with Gasteiger partial charge in [-0.2, -0.15) is 0 Å². The molecular formula is C24H17Cl2N3O4S. The van der Waals surface area contributed by atoms with E-state index in [2.05, 4.69) is 5.32 Å². The molecule has 0 radical (unpaired) electrons. The second-order valence-corrected chi connectivity index (χ2v) is 8.69. The van der Waals surface area contributed by atoms with E-state index in [4.69, 9.17) is 35.4 Å². The molecule has 7 nitrogen and oxygen atoms in total. The molecule has 10 heteroatoms. The fourth-order valence-electron chi connectivity index (χ4n) is 3.85. The Labute approximate surface area is 210 Å². The van der Waals surface area contributed by atoms with Gasteiger partial charge in [0.1, 0.15) is 5.57 Å². The number of hydrogen-bond acceptors (Lipinski definition) is 4. The predicted octanol–water partition coefficient (Wildman–Crippen LogP) is 4.93. The van der Waals surface area contributed by atoms with Gasteiger partial charge in [-0.1, -0.05) is 41.4 Å². The minimum atomic E-state index is -1.06. The molecule has 2 aromatic carbocycles. The fraction of sp³-hybridized carbons (Fsp3) is 0.0833. The molecule has 1 aliphatic rings. The quantitative estimate of drug-likeness (QED) is 0.293.